The number of hydrogen-bond donors (Lipinski definition) is 1. The SMILES string of the molecule is Cc1ccc(CN(CC(C)O)C(=O)OCc2ccccc2)cc1C. The predicted octanol–water partition coefficient (Wildman–Crippen LogP) is 3.82. The first kappa shape index (κ1) is 18.0. The highest BCUT2D eigenvalue weighted by atomic mass is 16.6. The number of aryl methyl sites for hydroxylation is 2. The van der Waals surface area contributed by atoms with Crippen LogP contribution in [-0.2, 0) is 17.9 Å². The van der Waals surface area contributed by atoms with Crippen LogP contribution in [0, 0.1) is 13.8 Å². The van der Waals surface area contributed by atoms with Gasteiger partial charge in [0.1, 0.15) is 6.61 Å². The molecule has 0 saturated heterocycles. The fourth-order valence-corrected chi connectivity index (χ4v) is 2.46. The molecule has 0 aliphatic heterocycles. The van der Waals surface area contributed by atoms with E-state index < -0.39 is 12.2 Å². The Morgan fingerprint density at radius 1 is 1.08 bits per heavy atom. The van der Waals surface area contributed by atoms with Gasteiger partial charge in [0.05, 0.1) is 12.6 Å². The van der Waals surface area contributed by atoms with Crippen molar-refractivity contribution in [1.82, 2.24) is 4.90 Å². The highest BCUT2D eigenvalue weighted by Gasteiger charge is 2.18. The smallest absolute Gasteiger partial charge is 0.410 e. The zero-order valence-electron chi connectivity index (χ0n) is 14.5. The van der Waals surface area contributed by atoms with Crippen molar-refractivity contribution in [2.75, 3.05) is 6.54 Å². The summed E-state index contributed by atoms with van der Waals surface area (Å²) in [6.45, 7) is 6.65. The lowest BCUT2D eigenvalue weighted by molar-refractivity contribution is 0.0705. The van der Waals surface area contributed by atoms with Gasteiger partial charge in [-0.15, -0.1) is 0 Å². The fraction of sp³-hybridized carbons (Fsp3) is 0.350. The Balaban J connectivity index is 2.03. The van der Waals surface area contributed by atoms with Crippen molar-refractivity contribution in [3.05, 3.63) is 70.8 Å². The van der Waals surface area contributed by atoms with Gasteiger partial charge >= 0.3 is 6.09 Å². The minimum Gasteiger partial charge on any atom is -0.445 e. The monoisotopic (exact) mass is 327 g/mol. The van der Waals surface area contributed by atoms with E-state index in [9.17, 15) is 9.90 Å². The summed E-state index contributed by atoms with van der Waals surface area (Å²) in [4.78, 5) is 13.9. The third kappa shape index (κ3) is 5.39. The maximum absolute atomic E-state index is 12.4. The van der Waals surface area contributed by atoms with E-state index in [1.807, 2.05) is 49.4 Å². The molecule has 1 atom stereocenters. The molecule has 0 bridgehead atoms. The Labute approximate surface area is 143 Å². The van der Waals surface area contributed by atoms with Crippen LogP contribution in [-0.4, -0.2) is 28.7 Å². The van der Waals surface area contributed by atoms with Gasteiger partial charge in [-0.3, -0.25) is 0 Å². The molecule has 1 N–H and O–H groups in total. The van der Waals surface area contributed by atoms with Crippen LogP contribution in [0.3, 0.4) is 0 Å². The first-order valence-corrected chi connectivity index (χ1v) is 8.15. The van der Waals surface area contributed by atoms with Crippen LogP contribution in [0.2, 0.25) is 0 Å². The molecule has 0 aliphatic rings. The van der Waals surface area contributed by atoms with Crippen LogP contribution < -0.4 is 0 Å². The third-order valence-corrected chi connectivity index (χ3v) is 3.89. The summed E-state index contributed by atoms with van der Waals surface area (Å²) < 4.78 is 5.39. The Morgan fingerprint density at radius 3 is 2.42 bits per heavy atom. The molecule has 128 valence electrons. The quantitative estimate of drug-likeness (QED) is 0.877. The summed E-state index contributed by atoms with van der Waals surface area (Å²) in [7, 11) is 0. The highest BCUT2D eigenvalue weighted by Crippen LogP contribution is 2.14. The molecular formula is C20H25NO3. The van der Waals surface area contributed by atoms with Gasteiger partial charge in [-0.25, -0.2) is 4.79 Å². The molecule has 1 unspecified atom stereocenters. The molecule has 2 aromatic rings. The van der Waals surface area contributed by atoms with E-state index in [2.05, 4.69) is 13.0 Å². The Morgan fingerprint density at radius 2 is 1.79 bits per heavy atom. The molecule has 0 saturated carbocycles. The van der Waals surface area contributed by atoms with E-state index >= 15 is 0 Å². The number of hydrogen-bond acceptors (Lipinski definition) is 3. The van der Waals surface area contributed by atoms with E-state index in [0.29, 0.717) is 6.54 Å². The van der Waals surface area contributed by atoms with Gasteiger partial charge in [-0.2, -0.15) is 0 Å². The second-order valence-corrected chi connectivity index (χ2v) is 6.19. The molecule has 0 fully saturated rings. The average molecular weight is 327 g/mol. The van der Waals surface area contributed by atoms with Crippen molar-refractivity contribution < 1.29 is 14.6 Å². The number of aliphatic hydroxyl groups excluding tert-OH is 1. The third-order valence-electron chi connectivity index (χ3n) is 3.89. The van der Waals surface area contributed by atoms with E-state index in [1.54, 1.807) is 6.92 Å². The van der Waals surface area contributed by atoms with Crippen LogP contribution in [0.15, 0.2) is 48.5 Å². The molecule has 2 aromatic carbocycles. The average Bonchev–Trinajstić information content (AvgIpc) is 2.56. The number of carbonyl (C=O) groups is 1. The Kier molecular flexibility index (Phi) is 6.38. The van der Waals surface area contributed by atoms with E-state index in [4.69, 9.17) is 4.74 Å². The molecule has 4 nitrogen and oxygen atoms in total. The Bertz CT molecular complexity index is 668. The summed E-state index contributed by atoms with van der Waals surface area (Å²) in [5.74, 6) is 0. The molecule has 0 heterocycles. The zero-order valence-corrected chi connectivity index (χ0v) is 14.5. The predicted molar refractivity (Wildman–Crippen MR) is 94.6 cm³/mol. The molecule has 0 radical (unpaired) electrons. The molecule has 2 rings (SSSR count). The number of aliphatic hydroxyl groups is 1. The number of carbonyl (C=O) groups excluding carboxylic acids is 1. The summed E-state index contributed by atoms with van der Waals surface area (Å²) in [5.41, 5.74) is 4.36. The van der Waals surface area contributed by atoms with Gasteiger partial charge in [0.2, 0.25) is 0 Å². The van der Waals surface area contributed by atoms with Gasteiger partial charge in [0.25, 0.3) is 0 Å². The van der Waals surface area contributed by atoms with Crippen LogP contribution in [0.25, 0.3) is 0 Å². The second-order valence-electron chi connectivity index (χ2n) is 6.19. The fourth-order valence-electron chi connectivity index (χ4n) is 2.46. The number of nitrogens with zero attached hydrogens (tertiary/aromatic N) is 1. The van der Waals surface area contributed by atoms with Crippen molar-refractivity contribution >= 4 is 6.09 Å². The maximum Gasteiger partial charge on any atom is 0.410 e. The summed E-state index contributed by atoms with van der Waals surface area (Å²) in [6.07, 6.45) is -1.03. The first-order chi connectivity index (χ1) is 11.5. The topological polar surface area (TPSA) is 49.8 Å². The van der Waals surface area contributed by atoms with E-state index in [-0.39, 0.29) is 13.2 Å². The van der Waals surface area contributed by atoms with Crippen molar-refractivity contribution in [3.63, 3.8) is 0 Å². The normalized spacial score (nSPS) is 11.8. The largest absolute Gasteiger partial charge is 0.445 e. The molecule has 0 aromatic heterocycles. The molecule has 0 aliphatic carbocycles. The highest BCUT2D eigenvalue weighted by molar-refractivity contribution is 5.67. The molecule has 1 amide bonds. The van der Waals surface area contributed by atoms with Crippen molar-refractivity contribution in [2.45, 2.75) is 40.0 Å². The zero-order chi connectivity index (χ0) is 17.5. The van der Waals surface area contributed by atoms with Crippen molar-refractivity contribution in [1.29, 1.82) is 0 Å². The van der Waals surface area contributed by atoms with Crippen LogP contribution in [0.4, 0.5) is 4.79 Å². The minimum atomic E-state index is -0.610. The summed E-state index contributed by atoms with van der Waals surface area (Å²) in [5, 5.41) is 9.68. The van der Waals surface area contributed by atoms with Crippen LogP contribution in [0.1, 0.15) is 29.2 Å². The van der Waals surface area contributed by atoms with Crippen molar-refractivity contribution in [3.8, 4) is 0 Å². The minimum absolute atomic E-state index is 0.225. The Hall–Kier alpha value is -2.33. The maximum atomic E-state index is 12.4. The van der Waals surface area contributed by atoms with Gasteiger partial charge < -0.3 is 14.7 Å². The van der Waals surface area contributed by atoms with Crippen molar-refractivity contribution in [2.24, 2.45) is 0 Å². The lowest BCUT2D eigenvalue weighted by Crippen LogP contribution is -2.36. The number of benzene rings is 2. The number of ether oxygens (including phenoxy) is 1. The van der Waals surface area contributed by atoms with Gasteiger partial charge in [-0.1, -0.05) is 48.5 Å². The summed E-state index contributed by atoms with van der Waals surface area (Å²) >= 11 is 0. The number of amides is 1. The van der Waals surface area contributed by atoms with E-state index in [1.165, 1.54) is 16.0 Å². The van der Waals surface area contributed by atoms with E-state index in [0.717, 1.165) is 11.1 Å². The lowest BCUT2D eigenvalue weighted by atomic mass is 10.1. The van der Waals surface area contributed by atoms with Crippen LogP contribution >= 0.6 is 0 Å². The number of rotatable bonds is 6. The standard InChI is InChI=1S/C20H25NO3/c1-15-9-10-19(11-16(15)2)13-21(12-17(3)22)20(23)24-14-18-7-5-4-6-8-18/h4-11,17,22H,12-14H2,1-3H3. The van der Waals surface area contributed by atoms with Gasteiger partial charge in [0, 0.05) is 6.54 Å². The lowest BCUT2D eigenvalue weighted by Gasteiger charge is -2.24. The second kappa shape index (κ2) is 8.50. The molecule has 0 spiro atoms. The molecular weight excluding hydrogens is 302 g/mol. The van der Waals surface area contributed by atoms with Crippen LogP contribution in [0.5, 0.6) is 0 Å². The van der Waals surface area contributed by atoms with Gasteiger partial charge in [0.15, 0.2) is 0 Å². The molecule has 24 heavy (non-hydrogen) atoms. The van der Waals surface area contributed by atoms with Gasteiger partial charge in [-0.05, 0) is 43.0 Å². The molecule has 4 heteroatoms. The first-order valence-electron chi connectivity index (χ1n) is 8.15. The summed E-state index contributed by atoms with van der Waals surface area (Å²) in [6, 6.07) is 15.7.